The lowest BCUT2D eigenvalue weighted by molar-refractivity contribution is -0.137. The smallest absolute Gasteiger partial charge is 0.288 e. The summed E-state index contributed by atoms with van der Waals surface area (Å²) in [5, 5.41) is 12.2. The van der Waals surface area contributed by atoms with Gasteiger partial charge in [0, 0.05) is 11.1 Å². The number of amides is 2. The van der Waals surface area contributed by atoms with E-state index in [1.54, 1.807) is 0 Å². The molecule has 25 heavy (non-hydrogen) atoms. The molecule has 130 valence electrons. The van der Waals surface area contributed by atoms with E-state index in [0.29, 0.717) is 5.56 Å². The molecule has 0 atom stereocenters. The third-order valence-electron chi connectivity index (χ3n) is 3.13. The maximum Gasteiger partial charge on any atom is 0.416 e. The van der Waals surface area contributed by atoms with Crippen molar-refractivity contribution in [2.24, 2.45) is 5.10 Å². The normalized spacial score (nSPS) is 11.4. The van der Waals surface area contributed by atoms with Gasteiger partial charge in [-0.15, -0.1) is 0 Å². The maximum absolute atomic E-state index is 12.4. The first-order valence-electron chi connectivity index (χ1n) is 6.86. The number of hydroxylamine groups is 1. The van der Waals surface area contributed by atoms with Crippen LogP contribution in [0.2, 0.25) is 0 Å². The number of nitrogens with zero attached hydrogens (tertiary/aromatic N) is 1. The molecule has 0 aliphatic heterocycles. The SMILES string of the molecule is O=C(NO)c1ccc(C(=O)NN=Cc2ccc(C(F)(F)F)cc2)cc1. The van der Waals surface area contributed by atoms with Crippen LogP contribution < -0.4 is 10.9 Å². The molecule has 0 aliphatic carbocycles. The van der Waals surface area contributed by atoms with Crippen molar-refractivity contribution in [2.45, 2.75) is 6.18 Å². The van der Waals surface area contributed by atoms with Crippen LogP contribution in [0.3, 0.4) is 0 Å². The van der Waals surface area contributed by atoms with Gasteiger partial charge in [0.15, 0.2) is 0 Å². The molecule has 2 rings (SSSR count). The van der Waals surface area contributed by atoms with E-state index in [-0.39, 0.29) is 11.1 Å². The van der Waals surface area contributed by atoms with Crippen molar-refractivity contribution in [1.82, 2.24) is 10.9 Å². The van der Waals surface area contributed by atoms with Crippen molar-refractivity contribution >= 4 is 18.0 Å². The summed E-state index contributed by atoms with van der Waals surface area (Å²) in [4.78, 5) is 23.0. The van der Waals surface area contributed by atoms with Gasteiger partial charge in [-0.25, -0.2) is 10.9 Å². The van der Waals surface area contributed by atoms with Crippen molar-refractivity contribution in [3.05, 3.63) is 70.8 Å². The number of benzene rings is 2. The second-order valence-corrected chi connectivity index (χ2v) is 4.84. The van der Waals surface area contributed by atoms with Crippen LogP contribution >= 0.6 is 0 Å². The number of halogens is 3. The molecule has 2 aromatic carbocycles. The molecule has 2 amide bonds. The average molecular weight is 351 g/mol. The summed E-state index contributed by atoms with van der Waals surface area (Å²) >= 11 is 0. The number of hydrazone groups is 1. The second-order valence-electron chi connectivity index (χ2n) is 4.84. The molecule has 3 N–H and O–H groups in total. The third kappa shape index (κ3) is 4.88. The van der Waals surface area contributed by atoms with E-state index in [1.807, 2.05) is 0 Å². The van der Waals surface area contributed by atoms with Gasteiger partial charge in [-0.3, -0.25) is 14.8 Å². The fourth-order valence-electron chi connectivity index (χ4n) is 1.83. The number of hydrogen-bond donors (Lipinski definition) is 3. The van der Waals surface area contributed by atoms with Crippen LogP contribution in [0.5, 0.6) is 0 Å². The largest absolute Gasteiger partial charge is 0.416 e. The standard InChI is InChI=1S/C16H12F3N3O3/c17-16(18,19)13-7-1-10(2-8-13)9-20-21-14(23)11-3-5-12(6-4-11)15(24)22-25/h1-9,25H,(H,21,23)(H,22,24). The van der Waals surface area contributed by atoms with Crippen LogP contribution in [0, 0.1) is 0 Å². The van der Waals surface area contributed by atoms with Crippen molar-refractivity contribution in [2.75, 3.05) is 0 Å². The van der Waals surface area contributed by atoms with Crippen LogP contribution in [-0.4, -0.2) is 23.2 Å². The number of carbonyl (C=O) groups is 2. The van der Waals surface area contributed by atoms with Gasteiger partial charge in [0.2, 0.25) is 0 Å². The molecule has 0 saturated heterocycles. The van der Waals surface area contributed by atoms with Crippen molar-refractivity contribution in [3.63, 3.8) is 0 Å². The van der Waals surface area contributed by atoms with Crippen LogP contribution in [0.15, 0.2) is 53.6 Å². The number of hydrogen-bond acceptors (Lipinski definition) is 4. The fourth-order valence-corrected chi connectivity index (χ4v) is 1.83. The zero-order chi connectivity index (χ0) is 18.4. The number of carbonyl (C=O) groups excluding carboxylic acids is 2. The Morgan fingerprint density at radius 2 is 1.44 bits per heavy atom. The van der Waals surface area contributed by atoms with E-state index in [1.165, 1.54) is 48.1 Å². The first-order chi connectivity index (χ1) is 11.8. The highest BCUT2D eigenvalue weighted by atomic mass is 19.4. The van der Waals surface area contributed by atoms with Crippen molar-refractivity contribution in [1.29, 1.82) is 0 Å². The van der Waals surface area contributed by atoms with E-state index in [9.17, 15) is 22.8 Å². The Kier molecular flexibility index (Phi) is 5.50. The topological polar surface area (TPSA) is 90.8 Å². The minimum Gasteiger partial charge on any atom is -0.288 e. The summed E-state index contributed by atoms with van der Waals surface area (Å²) in [5.74, 6) is -1.29. The molecule has 2 aromatic rings. The Bertz CT molecular complexity index is 785. The van der Waals surface area contributed by atoms with E-state index >= 15 is 0 Å². The first-order valence-corrected chi connectivity index (χ1v) is 6.86. The van der Waals surface area contributed by atoms with Gasteiger partial charge in [0.1, 0.15) is 0 Å². The van der Waals surface area contributed by atoms with Crippen LogP contribution in [0.25, 0.3) is 0 Å². The summed E-state index contributed by atoms with van der Waals surface area (Å²) in [5.41, 5.74) is 3.64. The molecular formula is C16H12F3N3O3. The van der Waals surface area contributed by atoms with Crippen LogP contribution in [-0.2, 0) is 6.18 Å². The van der Waals surface area contributed by atoms with Crippen LogP contribution in [0.1, 0.15) is 31.8 Å². The molecule has 0 aromatic heterocycles. The Morgan fingerprint density at radius 3 is 1.92 bits per heavy atom. The third-order valence-corrected chi connectivity index (χ3v) is 3.13. The van der Waals surface area contributed by atoms with Gasteiger partial charge in [0.25, 0.3) is 11.8 Å². The highest BCUT2D eigenvalue weighted by molar-refractivity contribution is 5.97. The Morgan fingerprint density at radius 1 is 0.920 bits per heavy atom. The number of alkyl halides is 3. The van der Waals surface area contributed by atoms with E-state index in [0.717, 1.165) is 12.1 Å². The Balaban J connectivity index is 1.97. The molecule has 0 unspecified atom stereocenters. The lowest BCUT2D eigenvalue weighted by atomic mass is 10.1. The number of nitrogens with one attached hydrogen (secondary N) is 2. The van der Waals surface area contributed by atoms with Gasteiger partial charge >= 0.3 is 6.18 Å². The summed E-state index contributed by atoms with van der Waals surface area (Å²) in [6, 6.07) is 9.64. The summed E-state index contributed by atoms with van der Waals surface area (Å²) in [7, 11) is 0. The average Bonchev–Trinajstić information content (AvgIpc) is 2.60. The molecular weight excluding hydrogens is 339 g/mol. The van der Waals surface area contributed by atoms with E-state index < -0.39 is 23.6 Å². The molecule has 0 radical (unpaired) electrons. The molecule has 0 bridgehead atoms. The second kappa shape index (κ2) is 7.58. The molecule has 0 saturated carbocycles. The maximum atomic E-state index is 12.4. The number of rotatable bonds is 4. The zero-order valence-electron chi connectivity index (χ0n) is 12.5. The predicted molar refractivity (Wildman–Crippen MR) is 82.2 cm³/mol. The van der Waals surface area contributed by atoms with Gasteiger partial charge in [-0.1, -0.05) is 12.1 Å². The minimum absolute atomic E-state index is 0.160. The van der Waals surface area contributed by atoms with Crippen molar-refractivity contribution in [3.8, 4) is 0 Å². The summed E-state index contributed by atoms with van der Waals surface area (Å²) in [6.45, 7) is 0. The van der Waals surface area contributed by atoms with Crippen LogP contribution in [0.4, 0.5) is 13.2 Å². The fraction of sp³-hybridized carbons (Fsp3) is 0.0625. The molecule has 0 fully saturated rings. The van der Waals surface area contributed by atoms with E-state index in [4.69, 9.17) is 5.21 Å². The monoisotopic (exact) mass is 351 g/mol. The minimum atomic E-state index is -4.41. The molecule has 0 aliphatic rings. The summed E-state index contributed by atoms with van der Waals surface area (Å²) < 4.78 is 37.3. The lowest BCUT2D eigenvalue weighted by Gasteiger charge is -2.05. The molecule has 0 heterocycles. The Labute approximate surface area is 139 Å². The van der Waals surface area contributed by atoms with Gasteiger partial charge < -0.3 is 0 Å². The molecule has 0 spiro atoms. The molecule has 9 heteroatoms. The summed E-state index contributed by atoms with van der Waals surface area (Å²) in [6.07, 6.45) is -3.21. The van der Waals surface area contributed by atoms with Gasteiger partial charge in [-0.05, 0) is 42.0 Å². The quantitative estimate of drug-likeness (QED) is 0.449. The highest BCUT2D eigenvalue weighted by Crippen LogP contribution is 2.28. The van der Waals surface area contributed by atoms with Gasteiger partial charge in [-0.2, -0.15) is 18.3 Å². The van der Waals surface area contributed by atoms with E-state index in [2.05, 4.69) is 10.5 Å². The lowest BCUT2D eigenvalue weighted by Crippen LogP contribution is -2.20. The highest BCUT2D eigenvalue weighted by Gasteiger charge is 2.29. The molecule has 6 nitrogen and oxygen atoms in total. The zero-order valence-corrected chi connectivity index (χ0v) is 12.5. The first kappa shape index (κ1) is 18.1. The Hall–Kier alpha value is -3.20. The van der Waals surface area contributed by atoms with Crippen molar-refractivity contribution < 1.29 is 28.0 Å². The van der Waals surface area contributed by atoms with Gasteiger partial charge in [0.05, 0.1) is 11.8 Å². The predicted octanol–water partition coefficient (Wildman–Crippen LogP) is 2.59.